The van der Waals surface area contributed by atoms with Crippen molar-refractivity contribution in [2.75, 3.05) is 6.61 Å². The van der Waals surface area contributed by atoms with E-state index in [1.807, 2.05) is 0 Å². The van der Waals surface area contributed by atoms with Gasteiger partial charge in [-0.25, -0.2) is 0 Å². The molecule has 1 aliphatic rings. The molecule has 5 heteroatoms. The predicted octanol–water partition coefficient (Wildman–Crippen LogP) is 0.332. The molecule has 3 N–H and O–H groups in total. The van der Waals surface area contributed by atoms with E-state index in [-0.39, 0.29) is 6.61 Å². The van der Waals surface area contributed by atoms with E-state index in [0.717, 1.165) is 25.7 Å². The number of nitrogens with zero attached hydrogens (tertiary/aromatic N) is 2. The number of hydrogen-bond donors (Lipinski definition) is 2. The van der Waals surface area contributed by atoms with Crippen molar-refractivity contribution in [1.82, 2.24) is 10.1 Å². The minimum absolute atomic E-state index is 0.0382. The molecule has 0 aromatic carbocycles. The first-order valence-corrected chi connectivity index (χ1v) is 4.97. The van der Waals surface area contributed by atoms with Crippen LogP contribution in [0.15, 0.2) is 4.52 Å². The SMILES string of the molecule is NC1(c2nc(CCO)no2)CCCC1. The van der Waals surface area contributed by atoms with Gasteiger partial charge in [0.05, 0.1) is 12.1 Å². The van der Waals surface area contributed by atoms with E-state index in [1.54, 1.807) is 0 Å². The van der Waals surface area contributed by atoms with Gasteiger partial charge in [-0.3, -0.25) is 0 Å². The minimum Gasteiger partial charge on any atom is -0.396 e. The van der Waals surface area contributed by atoms with Crippen molar-refractivity contribution < 1.29 is 9.63 Å². The molecule has 78 valence electrons. The van der Waals surface area contributed by atoms with Crippen molar-refractivity contribution in [3.63, 3.8) is 0 Å². The third-order valence-corrected chi connectivity index (χ3v) is 2.73. The van der Waals surface area contributed by atoms with Crippen molar-refractivity contribution in [2.24, 2.45) is 5.73 Å². The first kappa shape index (κ1) is 9.61. The summed E-state index contributed by atoms with van der Waals surface area (Å²) in [6.45, 7) is 0.0382. The normalized spacial score (nSPS) is 20.1. The zero-order chi connectivity index (χ0) is 10.0. The third kappa shape index (κ3) is 1.65. The summed E-state index contributed by atoms with van der Waals surface area (Å²) in [5.74, 6) is 1.07. The highest BCUT2D eigenvalue weighted by Gasteiger charge is 2.36. The number of aliphatic hydroxyl groups is 1. The Hall–Kier alpha value is -0.940. The molecule has 0 saturated heterocycles. The zero-order valence-electron chi connectivity index (χ0n) is 8.07. The topological polar surface area (TPSA) is 85.2 Å². The zero-order valence-corrected chi connectivity index (χ0v) is 8.07. The van der Waals surface area contributed by atoms with Crippen molar-refractivity contribution in [1.29, 1.82) is 0 Å². The van der Waals surface area contributed by atoms with Gasteiger partial charge in [0.25, 0.3) is 0 Å². The van der Waals surface area contributed by atoms with Crippen molar-refractivity contribution in [3.8, 4) is 0 Å². The summed E-state index contributed by atoms with van der Waals surface area (Å²) >= 11 is 0. The maximum Gasteiger partial charge on any atom is 0.246 e. The Morgan fingerprint density at radius 2 is 2.14 bits per heavy atom. The van der Waals surface area contributed by atoms with E-state index < -0.39 is 5.54 Å². The maximum absolute atomic E-state index is 8.71. The molecule has 1 fully saturated rings. The van der Waals surface area contributed by atoms with E-state index >= 15 is 0 Å². The second-order valence-electron chi connectivity index (χ2n) is 3.85. The van der Waals surface area contributed by atoms with Gasteiger partial charge in [-0.05, 0) is 12.8 Å². The molecule has 1 heterocycles. The molecule has 1 aliphatic carbocycles. The molecule has 0 atom stereocenters. The Morgan fingerprint density at radius 1 is 1.43 bits per heavy atom. The Bertz CT molecular complexity index is 305. The minimum atomic E-state index is -0.416. The predicted molar refractivity (Wildman–Crippen MR) is 49.4 cm³/mol. The van der Waals surface area contributed by atoms with Crippen LogP contribution in [-0.2, 0) is 12.0 Å². The molecule has 0 unspecified atom stereocenters. The number of aromatic nitrogens is 2. The van der Waals surface area contributed by atoms with Crippen LogP contribution >= 0.6 is 0 Å². The molecular weight excluding hydrogens is 182 g/mol. The van der Waals surface area contributed by atoms with Gasteiger partial charge in [-0.1, -0.05) is 18.0 Å². The number of aliphatic hydroxyl groups excluding tert-OH is 1. The summed E-state index contributed by atoms with van der Waals surface area (Å²) in [6, 6.07) is 0. The first-order chi connectivity index (χ1) is 6.74. The fourth-order valence-corrected chi connectivity index (χ4v) is 1.88. The smallest absolute Gasteiger partial charge is 0.246 e. The van der Waals surface area contributed by atoms with Crippen LogP contribution in [0.2, 0.25) is 0 Å². The number of nitrogens with two attached hydrogens (primary N) is 1. The second kappa shape index (κ2) is 3.67. The molecule has 14 heavy (non-hydrogen) atoms. The molecule has 5 nitrogen and oxygen atoms in total. The summed E-state index contributed by atoms with van der Waals surface area (Å²) in [4.78, 5) is 4.19. The highest BCUT2D eigenvalue weighted by Crippen LogP contribution is 2.35. The van der Waals surface area contributed by atoms with Gasteiger partial charge in [0, 0.05) is 6.42 Å². The van der Waals surface area contributed by atoms with Gasteiger partial charge in [-0.15, -0.1) is 0 Å². The number of rotatable bonds is 3. The maximum atomic E-state index is 8.71. The third-order valence-electron chi connectivity index (χ3n) is 2.73. The molecule has 1 aromatic heterocycles. The first-order valence-electron chi connectivity index (χ1n) is 4.97. The van der Waals surface area contributed by atoms with Crippen LogP contribution in [0.4, 0.5) is 0 Å². The van der Waals surface area contributed by atoms with Gasteiger partial charge in [-0.2, -0.15) is 4.98 Å². The van der Waals surface area contributed by atoms with E-state index in [9.17, 15) is 0 Å². The van der Waals surface area contributed by atoms with Crippen LogP contribution in [0.5, 0.6) is 0 Å². The summed E-state index contributed by atoms with van der Waals surface area (Å²) < 4.78 is 5.11. The average Bonchev–Trinajstić information content (AvgIpc) is 2.75. The molecule has 1 saturated carbocycles. The second-order valence-corrected chi connectivity index (χ2v) is 3.85. The molecule has 1 aromatic rings. The van der Waals surface area contributed by atoms with Gasteiger partial charge in [0.1, 0.15) is 0 Å². The van der Waals surface area contributed by atoms with Gasteiger partial charge >= 0.3 is 0 Å². The van der Waals surface area contributed by atoms with Crippen LogP contribution in [0.25, 0.3) is 0 Å². The van der Waals surface area contributed by atoms with Gasteiger partial charge in [0.2, 0.25) is 5.89 Å². The lowest BCUT2D eigenvalue weighted by Gasteiger charge is -2.17. The van der Waals surface area contributed by atoms with Crippen LogP contribution in [0, 0.1) is 0 Å². The summed E-state index contributed by atoms with van der Waals surface area (Å²) in [5, 5.41) is 12.5. The fraction of sp³-hybridized carbons (Fsp3) is 0.778. The van der Waals surface area contributed by atoms with Crippen molar-refractivity contribution >= 4 is 0 Å². The Morgan fingerprint density at radius 3 is 2.79 bits per heavy atom. The standard InChI is InChI=1S/C9H15N3O2/c10-9(4-1-2-5-9)8-11-7(3-6-13)12-14-8/h13H,1-6,10H2. The Kier molecular flexibility index (Phi) is 2.52. The fourth-order valence-electron chi connectivity index (χ4n) is 1.88. The van der Waals surface area contributed by atoms with Crippen LogP contribution in [0.3, 0.4) is 0 Å². The van der Waals surface area contributed by atoms with Crippen LogP contribution in [-0.4, -0.2) is 21.9 Å². The Balaban J connectivity index is 2.15. The lowest BCUT2D eigenvalue weighted by molar-refractivity contribution is 0.278. The highest BCUT2D eigenvalue weighted by molar-refractivity contribution is 5.04. The average molecular weight is 197 g/mol. The molecular formula is C9H15N3O2. The molecule has 0 radical (unpaired) electrons. The van der Waals surface area contributed by atoms with Crippen molar-refractivity contribution in [3.05, 3.63) is 11.7 Å². The summed E-state index contributed by atoms with van der Waals surface area (Å²) in [7, 11) is 0. The van der Waals surface area contributed by atoms with Crippen LogP contribution < -0.4 is 5.73 Å². The van der Waals surface area contributed by atoms with E-state index in [1.165, 1.54) is 0 Å². The largest absolute Gasteiger partial charge is 0.396 e. The number of hydrogen-bond acceptors (Lipinski definition) is 5. The highest BCUT2D eigenvalue weighted by atomic mass is 16.5. The van der Waals surface area contributed by atoms with Gasteiger partial charge in [0.15, 0.2) is 5.82 Å². The molecule has 0 spiro atoms. The van der Waals surface area contributed by atoms with Crippen molar-refractivity contribution in [2.45, 2.75) is 37.6 Å². The quantitative estimate of drug-likeness (QED) is 0.729. The molecule has 0 aliphatic heterocycles. The Labute approximate surface area is 82.3 Å². The van der Waals surface area contributed by atoms with E-state index in [2.05, 4.69) is 10.1 Å². The summed E-state index contributed by atoms with van der Waals surface area (Å²) in [5.41, 5.74) is 5.72. The summed E-state index contributed by atoms with van der Waals surface area (Å²) in [6.07, 6.45) is 4.49. The van der Waals surface area contributed by atoms with Gasteiger partial charge < -0.3 is 15.4 Å². The molecule has 2 rings (SSSR count). The molecule has 0 amide bonds. The monoisotopic (exact) mass is 197 g/mol. The lowest BCUT2D eigenvalue weighted by Crippen LogP contribution is -2.33. The lowest BCUT2D eigenvalue weighted by atomic mass is 9.99. The van der Waals surface area contributed by atoms with Crippen LogP contribution in [0.1, 0.15) is 37.4 Å². The van der Waals surface area contributed by atoms with E-state index in [0.29, 0.717) is 18.1 Å². The molecule has 0 bridgehead atoms. The van der Waals surface area contributed by atoms with E-state index in [4.69, 9.17) is 15.4 Å².